The Labute approximate surface area is 309 Å². The summed E-state index contributed by atoms with van der Waals surface area (Å²) in [5, 5.41) is 23.3. The minimum Gasteiger partial charge on any atom is -0.388 e. The van der Waals surface area contributed by atoms with Crippen LogP contribution >= 0.6 is 0 Å². The Morgan fingerprint density at radius 1 is 0.380 bits per heavy atom. The van der Waals surface area contributed by atoms with Gasteiger partial charge in [0.25, 0.3) is 0 Å². The summed E-state index contributed by atoms with van der Waals surface area (Å²) < 4.78 is 12.8. The van der Waals surface area contributed by atoms with Gasteiger partial charge in [0.2, 0.25) is 0 Å². The molecular formula is C46H78O4. The Kier molecular flexibility index (Phi) is 28.4. The quantitative estimate of drug-likeness (QED) is 0.0705. The van der Waals surface area contributed by atoms with E-state index in [9.17, 15) is 10.2 Å². The summed E-state index contributed by atoms with van der Waals surface area (Å²) in [6.07, 6.45) is 29.7. The average Bonchev–Trinajstić information content (AvgIpc) is 3.15. The van der Waals surface area contributed by atoms with Gasteiger partial charge in [-0.05, 0) is 24.0 Å². The maximum Gasteiger partial charge on any atom is 0.109 e. The van der Waals surface area contributed by atoms with Crippen LogP contribution in [0.4, 0.5) is 0 Å². The van der Waals surface area contributed by atoms with Crippen LogP contribution in [0, 0.1) is 0 Å². The molecule has 4 heteroatoms. The first-order chi connectivity index (χ1) is 24.7. The van der Waals surface area contributed by atoms with Crippen molar-refractivity contribution >= 4 is 0 Å². The van der Waals surface area contributed by atoms with Gasteiger partial charge >= 0.3 is 0 Å². The minimum atomic E-state index is -0.996. The van der Waals surface area contributed by atoms with E-state index >= 15 is 0 Å². The number of hydrogen-bond donors (Lipinski definition) is 2. The summed E-state index contributed by atoms with van der Waals surface area (Å²) in [7, 11) is 0. The monoisotopic (exact) mass is 695 g/mol. The normalized spacial score (nSPS) is 14.1. The maximum absolute atomic E-state index is 11.6. The van der Waals surface area contributed by atoms with Crippen LogP contribution in [0.2, 0.25) is 0 Å². The topological polar surface area (TPSA) is 58.9 Å². The molecule has 4 nitrogen and oxygen atoms in total. The molecule has 0 aliphatic carbocycles. The Hall–Kier alpha value is -1.72. The molecule has 2 N–H and O–H groups in total. The molecule has 0 saturated carbocycles. The second-order valence-electron chi connectivity index (χ2n) is 15.0. The predicted octanol–water partition coefficient (Wildman–Crippen LogP) is 13.1. The van der Waals surface area contributed by atoms with E-state index in [1.807, 2.05) is 36.4 Å². The van der Waals surface area contributed by atoms with Gasteiger partial charge < -0.3 is 19.7 Å². The van der Waals surface area contributed by atoms with Gasteiger partial charge in [-0.3, -0.25) is 0 Å². The van der Waals surface area contributed by atoms with E-state index in [0.29, 0.717) is 13.2 Å². The van der Waals surface area contributed by atoms with Gasteiger partial charge in [-0.2, -0.15) is 0 Å². The fourth-order valence-corrected chi connectivity index (χ4v) is 7.07. The van der Waals surface area contributed by atoms with Crippen LogP contribution in [0.1, 0.15) is 192 Å². The zero-order chi connectivity index (χ0) is 35.7. The molecule has 0 unspecified atom stereocenters. The van der Waals surface area contributed by atoms with Crippen molar-refractivity contribution in [3.63, 3.8) is 0 Å². The highest BCUT2D eigenvalue weighted by molar-refractivity contribution is 5.14. The molecular weight excluding hydrogens is 617 g/mol. The smallest absolute Gasteiger partial charge is 0.109 e. The highest BCUT2D eigenvalue weighted by Gasteiger charge is 2.33. The molecule has 0 amide bonds. The molecule has 0 aromatic heterocycles. The van der Waals surface area contributed by atoms with Crippen LogP contribution in [0.15, 0.2) is 60.7 Å². The van der Waals surface area contributed by atoms with E-state index in [1.165, 1.54) is 128 Å². The maximum atomic E-state index is 11.6. The van der Waals surface area contributed by atoms with Gasteiger partial charge in [0.05, 0.1) is 25.4 Å². The lowest BCUT2D eigenvalue weighted by Gasteiger charge is -2.32. The van der Waals surface area contributed by atoms with Gasteiger partial charge in [-0.15, -0.1) is 0 Å². The molecule has 0 radical (unpaired) electrons. The molecule has 0 spiro atoms. The SMILES string of the molecule is CCCCCCCCCCCCCC[C@H](OCc1ccccc1)[C@H](O)[C@@H](O)[C@H](CCCCCCCCCCCCCC)OCc1ccccc1. The van der Waals surface area contributed by atoms with Crippen molar-refractivity contribution in [2.24, 2.45) is 0 Å². The second-order valence-corrected chi connectivity index (χ2v) is 15.0. The van der Waals surface area contributed by atoms with Crippen molar-refractivity contribution in [3.05, 3.63) is 71.8 Å². The molecule has 0 fully saturated rings. The molecule has 4 atom stereocenters. The predicted molar refractivity (Wildman–Crippen MR) is 213 cm³/mol. The Morgan fingerprint density at radius 2 is 0.640 bits per heavy atom. The standard InChI is InChI=1S/C46H78O4/c1-3-5-7-9-11-13-15-17-19-21-23-31-37-43(49-39-41-33-27-25-28-34-41)45(47)46(48)44(50-40-42-35-29-26-30-36-42)38-32-24-22-20-18-16-14-12-10-8-6-4-2/h25-30,33-36,43-48H,3-24,31-32,37-40H2,1-2H3/t43-,44-,45-,46-/m0/s1. The zero-order valence-corrected chi connectivity index (χ0v) is 32.6. The molecule has 0 heterocycles. The van der Waals surface area contributed by atoms with Gasteiger partial charge in [0, 0.05) is 0 Å². The number of rotatable bonds is 35. The highest BCUT2D eigenvalue weighted by Crippen LogP contribution is 2.23. The van der Waals surface area contributed by atoms with Crippen LogP contribution in [-0.2, 0) is 22.7 Å². The van der Waals surface area contributed by atoms with Crippen molar-refractivity contribution in [2.45, 2.75) is 218 Å². The highest BCUT2D eigenvalue weighted by atomic mass is 16.5. The first-order valence-electron chi connectivity index (χ1n) is 21.3. The summed E-state index contributed by atoms with van der Waals surface area (Å²) in [5.74, 6) is 0. The molecule has 2 rings (SSSR count). The number of aliphatic hydroxyl groups excluding tert-OH is 2. The van der Waals surface area contributed by atoms with Gasteiger partial charge in [0.15, 0.2) is 0 Å². The number of benzene rings is 2. The number of ether oxygens (including phenoxy) is 2. The third-order valence-electron chi connectivity index (χ3n) is 10.4. The summed E-state index contributed by atoms with van der Waals surface area (Å²) in [4.78, 5) is 0. The van der Waals surface area contributed by atoms with Crippen LogP contribution < -0.4 is 0 Å². The summed E-state index contributed by atoms with van der Waals surface area (Å²) in [6.45, 7) is 5.42. The molecule has 286 valence electrons. The third-order valence-corrected chi connectivity index (χ3v) is 10.4. The molecule has 2 aromatic rings. The molecule has 2 aromatic carbocycles. The largest absolute Gasteiger partial charge is 0.388 e. The number of hydrogen-bond acceptors (Lipinski definition) is 4. The summed E-state index contributed by atoms with van der Waals surface area (Å²) in [6, 6.07) is 20.3. The van der Waals surface area contributed by atoms with Crippen LogP contribution in [0.25, 0.3) is 0 Å². The van der Waals surface area contributed by atoms with Crippen molar-refractivity contribution in [3.8, 4) is 0 Å². The first-order valence-corrected chi connectivity index (χ1v) is 21.3. The Bertz CT molecular complexity index is 887. The molecule has 0 aliphatic rings. The fourth-order valence-electron chi connectivity index (χ4n) is 7.07. The molecule has 0 aliphatic heterocycles. The van der Waals surface area contributed by atoms with E-state index in [0.717, 1.165) is 49.7 Å². The lowest BCUT2D eigenvalue weighted by molar-refractivity contribution is -0.147. The lowest BCUT2D eigenvalue weighted by Crippen LogP contribution is -2.46. The molecule has 0 bridgehead atoms. The van der Waals surface area contributed by atoms with Gasteiger partial charge in [0.1, 0.15) is 12.2 Å². The van der Waals surface area contributed by atoms with Crippen molar-refractivity contribution in [2.75, 3.05) is 0 Å². The third kappa shape index (κ3) is 23.0. The Balaban J connectivity index is 1.84. The van der Waals surface area contributed by atoms with E-state index in [2.05, 4.69) is 38.1 Å². The van der Waals surface area contributed by atoms with Crippen LogP contribution in [-0.4, -0.2) is 34.6 Å². The van der Waals surface area contributed by atoms with Crippen LogP contribution in [0.5, 0.6) is 0 Å². The number of aliphatic hydroxyl groups is 2. The summed E-state index contributed by atoms with van der Waals surface area (Å²) >= 11 is 0. The van der Waals surface area contributed by atoms with Crippen LogP contribution in [0.3, 0.4) is 0 Å². The first kappa shape index (κ1) is 44.4. The second kappa shape index (κ2) is 32.0. The minimum absolute atomic E-state index is 0.432. The van der Waals surface area contributed by atoms with E-state index in [1.54, 1.807) is 0 Å². The fraction of sp³-hybridized carbons (Fsp3) is 0.739. The summed E-state index contributed by atoms with van der Waals surface area (Å²) in [5.41, 5.74) is 2.17. The van der Waals surface area contributed by atoms with Crippen molar-refractivity contribution < 1.29 is 19.7 Å². The Morgan fingerprint density at radius 3 is 0.920 bits per heavy atom. The molecule has 50 heavy (non-hydrogen) atoms. The molecule has 0 saturated heterocycles. The van der Waals surface area contributed by atoms with Crippen molar-refractivity contribution in [1.29, 1.82) is 0 Å². The van der Waals surface area contributed by atoms with Gasteiger partial charge in [-0.25, -0.2) is 0 Å². The van der Waals surface area contributed by atoms with E-state index < -0.39 is 24.4 Å². The number of unbranched alkanes of at least 4 members (excludes halogenated alkanes) is 22. The van der Waals surface area contributed by atoms with E-state index in [-0.39, 0.29) is 0 Å². The van der Waals surface area contributed by atoms with E-state index in [4.69, 9.17) is 9.47 Å². The van der Waals surface area contributed by atoms with Crippen molar-refractivity contribution in [1.82, 2.24) is 0 Å². The van der Waals surface area contributed by atoms with Gasteiger partial charge in [-0.1, -0.05) is 229 Å². The lowest BCUT2D eigenvalue weighted by atomic mass is 9.94. The zero-order valence-electron chi connectivity index (χ0n) is 32.6. The average molecular weight is 695 g/mol.